The Balaban J connectivity index is 0. The number of hydrogen-bond acceptors (Lipinski definition) is 2. The van der Waals surface area contributed by atoms with E-state index in [0.29, 0.717) is 0 Å². The average Bonchev–Trinajstić information content (AvgIpc) is 3.06. The van der Waals surface area contributed by atoms with Crippen LogP contribution >= 0.6 is 0 Å². The molecule has 0 aliphatic carbocycles. The molecule has 2 rings (SSSR count). The van der Waals surface area contributed by atoms with Crippen molar-refractivity contribution in [1.82, 2.24) is 9.97 Å². The van der Waals surface area contributed by atoms with Crippen molar-refractivity contribution in [1.29, 1.82) is 0 Å². The lowest BCUT2D eigenvalue weighted by atomic mass is 10.1. The number of unbranched alkanes of at least 4 members (excludes halogenated alkanes) is 3. The maximum absolute atomic E-state index is 10.6. The van der Waals surface area contributed by atoms with Crippen molar-refractivity contribution in [2.75, 3.05) is 0 Å². The largest absolute Gasteiger partial charge is 0.477 e. The van der Waals surface area contributed by atoms with Gasteiger partial charge in [0.25, 0.3) is 0 Å². The molecule has 0 fully saturated rings. The minimum Gasteiger partial charge on any atom is -0.477 e. The molecule has 0 bridgehead atoms. The topological polar surface area (TPSA) is 66.0 Å². The van der Waals surface area contributed by atoms with Crippen LogP contribution in [0.4, 0.5) is 0 Å². The van der Waals surface area contributed by atoms with Gasteiger partial charge in [-0.2, -0.15) is 0 Å². The van der Waals surface area contributed by atoms with Crippen LogP contribution in [0, 0.1) is 0 Å². The number of aromatic amines is 1. The van der Waals surface area contributed by atoms with Gasteiger partial charge in [-0.15, -0.1) is 0 Å². The summed E-state index contributed by atoms with van der Waals surface area (Å²) in [5.41, 5.74) is 1.91. The van der Waals surface area contributed by atoms with Crippen LogP contribution in [0.1, 0.15) is 65.3 Å². The highest BCUT2D eigenvalue weighted by molar-refractivity contribution is 5.87. The van der Waals surface area contributed by atoms with Crippen LogP contribution in [-0.2, 0) is 0 Å². The van der Waals surface area contributed by atoms with Crippen LogP contribution in [0.25, 0.3) is 11.1 Å². The van der Waals surface area contributed by atoms with Crippen molar-refractivity contribution in [3.63, 3.8) is 0 Å². The molecule has 0 amide bonds. The highest BCUT2D eigenvalue weighted by Crippen LogP contribution is 2.18. The fraction of sp³-hybridized carbons (Fsp3) is 0.444. The Morgan fingerprint density at radius 2 is 1.86 bits per heavy atom. The lowest BCUT2D eigenvalue weighted by Crippen LogP contribution is -1.94. The fourth-order valence-corrected chi connectivity index (χ4v) is 1.72. The predicted molar refractivity (Wildman–Crippen MR) is 94.3 cm³/mol. The summed E-state index contributed by atoms with van der Waals surface area (Å²) in [6, 6.07) is 5.27. The Bertz CT molecular complexity index is 509. The predicted octanol–water partition coefficient (Wildman–Crippen LogP) is 5.63. The summed E-state index contributed by atoms with van der Waals surface area (Å²) in [4.78, 5) is 17.2. The van der Waals surface area contributed by atoms with Crippen LogP contribution < -0.4 is 0 Å². The smallest absolute Gasteiger partial charge is 0.352 e. The van der Waals surface area contributed by atoms with Crippen molar-refractivity contribution >= 4 is 5.97 Å². The summed E-state index contributed by atoms with van der Waals surface area (Å²) in [5.74, 6) is -0.958. The third-order valence-corrected chi connectivity index (χ3v) is 2.87. The highest BCUT2D eigenvalue weighted by atomic mass is 16.4. The Hall–Kier alpha value is -2.10. The van der Waals surface area contributed by atoms with Crippen molar-refractivity contribution in [3.8, 4) is 11.1 Å². The number of carboxylic acid groups (broad SMARTS) is 1. The molecule has 0 radical (unpaired) electrons. The van der Waals surface area contributed by atoms with Crippen LogP contribution in [0.2, 0.25) is 0 Å². The van der Waals surface area contributed by atoms with Gasteiger partial charge in [0.15, 0.2) is 0 Å². The van der Waals surface area contributed by atoms with Crippen molar-refractivity contribution < 1.29 is 11.3 Å². The quantitative estimate of drug-likeness (QED) is 0.703. The van der Waals surface area contributed by atoms with Crippen LogP contribution in [-0.4, -0.2) is 21.0 Å². The molecule has 0 saturated carbocycles. The monoisotopic (exact) mass is 306 g/mol. The van der Waals surface area contributed by atoms with Crippen molar-refractivity contribution in [2.24, 2.45) is 0 Å². The van der Waals surface area contributed by atoms with Crippen LogP contribution in [0.5, 0.6) is 0 Å². The molecule has 0 atom stereocenters. The second-order valence-electron chi connectivity index (χ2n) is 4.56. The van der Waals surface area contributed by atoms with E-state index in [1.807, 2.05) is 26.0 Å². The van der Waals surface area contributed by atoms with Gasteiger partial charge >= 0.3 is 5.97 Å². The van der Waals surface area contributed by atoms with Crippen LogP contribution in [0.15, 0.2) is 36.8 Å². The van der Waals surface area contributed by atoms with Gasteiger partial charge in [-0.25, -0.2) is 4.79 Å². The van der Waals surface area contributed by atoms with Gasteiger partial charge in [0.05, 0.1) is 0 Å². The number of carbonyl (C=O) groups is 1. The molecule has 0 aromatic carbocycles. The second kappa shape index (κ2) is 12.6. The number of H-pyrrole nitrogens is 1. The molecule has 2 heterocycles. The minimum absolute atomic E-state index is 0. The standard InChI is InChI=1S/C10H8N2O2.C6H14.C2H6.H2/c13-10(14)9-4-8(6-12-9)7-2-1-3-11-5-7;1-3-5-6-4-2;1-2;/h1-6,12H,(H,13,14);3-6H2,1-2H3;1-2H3;1H. The Kier molecular flexibility index (Phi) is 11.4. The molecule has 22 heavy (non-hydrogen) atoms. The summed E-state index contributed by atoms with van der Waals surface area (Å²) < 4.78 is 0. The van der Waals surface area contributed by atoms with Gasteiger partial charge in [0, 0.05) is 31.1 Å². The van der Waals surface area contributed by atoms with E-state index in [1.54, 1.807) is 24.7 Å². The van der Waals surface area contributed by atoms with Gasteiger partial charge in [-0.3, -0.25) is 4.98 Å². The van der Waals surface area contributed by atoms with Crippen molar-refractivity contribution in [2.45, 2.75) is 53.4 Å². The van der Waals surface area contributed by atoms with Crippen molar-refractivity contribution in [3.05, 3.63) is 42.5 Å². The van der Waals surface area contributed by atoms with Gasteiger partial charge in [0.1, 0.15) is 5.69 Å². The van der Waals surface area contributed by atoms with Gasteiger partial charge in [-0.1, -0.05) is 59.4 Å². The van der Waals surface area contributed by atoms with E-state index in [-0.39, 0.29) is 7.12 Å². The summed E-state index contributed by atoms with van der Waals surface area (Å²) in [6.07, 6.45) is 10.6. The lowest BCUT2D eigenvalue weighted by Gasteiger charge is -1.93. The summed E-state index contributed by atoms with van der Waals surface area (Å²) >= 11 is 0. The summed E-state index contributed by atoms with van der Waals surface area (Å²) in [6.45, 7) is 8.46. The zero-order valence-electron chi connectivity index (χ0n) is 14.1. The zero-order chi connectivity index (χ0) is 16.8. The first kappa shape index (κ1) is 19.9. The van der Waals surface area contributed by atoms with E-state index in [9.17, 15) is 4.79 Å². The third-order valence-electron chi connectivity index (χ3n) is 2.87. The maximum atomic E-state index is 10.6. The molecule has 124 valence electrons. The number of carboxylic acids is 1. The maximum Gasteiger partial charge on any atom is 0.352 e. The van der Waals surface area contributed by atoms with E-state index in [0.717, 1.165) is 11.1 Å². The van der Waals surface area contributed by atoms with E-state index in [1.165, 1.54) is 25.7 Å². The number of aromatic nitrogens is 2. The molecular weight excluding hydrogens is 276 g/mol. The number of nitrogens with one attached hydrogen (secondary N) is 1. The summed E-state index contributed by atoms with van der Waals surface area (Å²) in [5, 5.41) is 8.70. The first-order valence-corrected chi connectivity index (χ1v) is 8.01. The molecule has 0 unspecified atom stereocenters. The molecule has 4 nitrogen and oxygen atoms in total. The normalized spacial score (nSPS) is 9.09. The molecule has 2 aromatic heterocycles. The van der Waals surface area contributed by atoms with E-state index < -0.39 is 5.97 Å². The Morgan fingerprint density at radius 1 is 1.23 bits per heavy atom. The Morgan fingerprint density at radius 3 is 2.27 bits per heavy atom. The average molecular weight is 306 g/mol. The number of hydrogen-bond donors (Lipinski definition) is 2. The number of aromatic carboxylic acids is 1. The first-order valence-electron chi connectivity index (χ1n) is 8.01. The molecule has 0 saturated heterocycles. The molecule has 0 aliphatic rings. The molecule has 2 aromatic rings. The summed E-state index contributed by atoms with van der Waals surface area (Å²) in [7, 11) is 0. The van der Waals surface area contributed by atoms with Gasteiger partial charge in [0.2, 0.25) is 0 Å². The van der Waals surface area contributed by atoms with E-state index >= 15 is 0 Å². The Labute approximate surface area is 135 Å². The van der Waals surface area contributed by atoms with Gasteiger partial charge < -0.3 is 10.1 Å². The number of pyridine rings is 1. The molecular formula is C18H30N2O2. The molecule has 0 aliphatic heterocycles. The van der Waals surface area contributed by atoms with E-state index in [4.69, 9.17) is 5.11 Å². The highest BCUT2D eigenvalue weighted by Gasteiger charge is 2.06. The molecule has 2 N–H and O–H groups in total. The SMILES string of the molecule is CC.CCCCCC.O=C(O)c1cc(-c2cccnc2)c[nH]1.[HH]. The van der Waals surface area contributed by atoms with E-state index in [2.05, 4.69) is 23.8 Å². The lowest BCUT2D eigenvalue weighted by molar-refractivity contribution is 0.0691. The van der Waals surface area contributed by atoms with Crippen LogP contribution in [0.3, 0.4) is 0 Å². The molecule has 0 spiro atoms. The number of nitrogens with zero attached hydrogens (tertiary/aromatic N) is 1. The second-order valence-corrected chi connectivity index (χ2v) is 4.56. The number of rotatable bonds is 5. The third kappa shape index (κ3) is 7.62. The zero-order valence-corrected chi connectivity index (χ0v) is 14.1. The fourth-order valence-electron chi connectivity index (χ4n) is 1.72. The minimum atomic E-state index is -0.958. The van der Waals surface area contributed by atoms with Gasteiger partial charge in [-0.05, 0) is 12.1 Å². The molecule has 4 heteroatoms. The first-order chi connectivity index (χ1) is 10.7.